The third kappa shape index (κ3) is 9.31. The molecule has 1 atom stereocenters. The molecule has 1 aromatic rings. The summed E-state index contributed by atoms with van der Waals surface area (Å²) in [6, 6.07) is 6.86. The maximum Gasteiger partial charge on any atom is 0.233 e. The molecule has 1 saturated carbocycles. The highest BCUT2D eigenvalue weighted by Crippen LogP contribution is 2.30. The van der Waals surface area contributed by atoms with Crippen LogP contribution in [-0.4, -0.2) is 70.3 Å². The Balaban J connectivity index is 1.39. The molecule has 37 heavy (non-hydrogen) atoms. The fraction of sp³-hybridized carbons (Fsp3) is 0.679. The van der Waals surface area contributed by atoms with Crippen LogP contribution < -0.4 is 10.1 Å². The van der Waals surface area contributed by atoms with Gasteiger partial charge in [0.05, 0.1) is 12.6 Å². The largest absolute Gasteiger partial charge is 0.490 e. The predicted molar refractivity (Wildman–Crippen MR) is 139 cm³/mol. The van der Waals surface area contributed by atoms with Crippen molar-refractivity contribution in [3.63, 3.8) is 0 Å². The molecular formula is C28H43N3O6. The van der Waals surface area contributed by atoms with Crippen molar-refractivity contribution in [3.05, 3.63) is 29.8 Å². The van der Waals surface area contributed by atoms with Crippen LogP contribution in [0, 0.1) is 11.3 Å². The minimum atomic E-state index is -0.526. The molecule has 1 unspecified atom stereocenters. The highest BCUT2D eigenvalue weighted by molar-refractivity contribution is 5.78. The second-order valence-electron chi connectivity index (χ2n) is 11.3. The zero-order valence-electron chi connectivity index (χ0n) is 22.2. The average Bonchev–Trinajstić information content (AvgIpc) is 3.40. The molecule has 3 amide bonds. The first-order chi connectivity index (χ1) is 17.7. The molecule has 0 bridgehead atoms. The lowest BCUT2D eigenvalue weighted by molar-refractivity contribution is -0.163. The Morgan fingerprint density at radius 3 is 2.41 bits per heavy atom. The lowest BCUT2D eigenvalue weighted by atomic mass is 9.88. The quantitative estimate of drug-likeness (QED) is 0.210. The molecule has 0 radical (unpaired) electrons. The maximum atomic E-state index is 13.0. The van der Waals surface area contributed by atoms with Gasteiger partial charge < -0.3 is 20.1 Å². The molecule has 2 fully saturated rings. The van der Waals surface area contributed by atoms with Crippen LogP contribution in [0.25, 0.3) is 0 Å². The summed E-state index contributed by atoms with van der Waals surface area (Å²) in [6.07, 6.45) is 7.36. The summed E-state index contributed by atoms with van der Waals surface area (Å²) in [7, 11) is 0. The van der Waals surface area contributed by atoms with Crippen molar-refractivity contribution in [2.45, 2.75) is 90.4 Å². The summed E-state index contributed by atoms with van der Waals surface area (Å²) in [5.41, 5.74) is 0.408. The smallest absolute Gasteiger partial charge is 0.233 e. The maximum absolute atomic E-state index is 13.0. The number of carbonyl (C=O) groups is 3. The van der Waals surface area contributed by atoms with E-state index in [4.69, 9.17) is 9.84 Å². The van der Waals surface area contributed by atoms with Gasteiger partial charge in [0.2, 0.25) is 18.2 Å². The van der Waals surface area contributed by atoms with Gasteiger partial charge in [-0.3, -0.25) is 19.6 Å². The second kappa shape index (κ2) is 13.8. The van der Waals surface area contributed by atoms with E-state index in [0.717, 1.165) is 49.8 Å². The standard InChI is InChI=1S/C28H43N3O6/c1-28(2,19-29-26(34)16-23(31(36)20-33)15-21-5-3-4-6-21)17-27(35)30-13-11-25(12-14-30)37-24-9-7-22(18-32)8-10-24/h7-10,20-21,23,25,32,36H,3-6,11-19H2,1-2H3,(H,29,34). The minimum absolute atomic E-state index is 0.00315. The van der Waals surface area contributed by atoms with Crippen molar-refractivity contribution < 1.29 is 29.4 Å². The van der Waals surface area contributed by atoms with E-state index in [-0.39, 0.29) is 30.9 Å². The van der Waals surface area contributed by atoms with Gasteiger partial charge in [-0.2, -0.15) is 0 Å². The molecule has 3 N–H and O–H groups in total. The molecule has 1 aromatic carbocycles. The SMILES string of the molecule is CC(C)(CNC(=O)CC(CC1CCCC1)N(O)C=O)CC(=O)N1CCC(Oc2ccc(CO)cc2)CC1. The number of ether oxygens (including phenoxy) is 1. The second-order valence-corrected chi connectivity index (χ2v) is 11.3. The van der Waals surface area contributed by atoms with Crippen molar-refractivity contribution in [2.24, 2.45) is 11.3 Å². The van der Waals surface area contributed by atoms with Crippen LogP contribution in [0.15, 0.2) is 24.3 Å². The highest BCUT2D eigenvalue weighted by Gasteiger charge is 2.30. The number of benzene rings is 1. The number of aliphatic hydroxyl groups excluding tert-OH is 1. The first-order valence-electron chi connectivity index (χ1n) is 13.5. The molecule has 1 saturated heterocycles. The van der Waals surface area contributed by atoms with E-state index in [9.17, 15) is 19.6 Å². The Hall–Kier alpha value is -2.65. The average molecular weight is 518 g/mol. The van der Waals surface area contributed by atoms with E-state index in [1.807, 2.05) is 43.0 Å². The Kier molecular flexibility index (Phi) is 10.8. The number of nitrogens with zero attached hydrogens (tertiary/aromatic N) is 2. The summed E-state index contributed by atoms with van der Waals surface area (Å²) in [6.45, 7) is 5.50. The number of likely N-dealkylation sites (tertiary alicyclic amines) is 1. The lowest BCUT2D eigenvalue weighted by Crippen LogP contribution is -2.45. The van der Waals surface area contributed by atoms with Gasteiger partial charge >= 0.3 is 0 Å². The Labute approximate surface area is 220 Å². The van der Waals surface area contributed by atoms with Crippen LogP contribution in [0.2, 0.25) is 0 Å². The van der Waals surface area contributed by atoms with E-state index in [0.29, 0.717) is 49.9 Å². The predicted octanol–water partition coefficient (Wildman–Crippen LogP) is 3.27. The van der Waals surface area contributed by atoms with Gasteiger partial charge in [-0.15, -0.1) is 0 Å². The zero-order valence-corrected chi connectivity index (χ0v) is 22.2. The normalized spacial score (nSPS) is 17.9. The Bertz CT molecular complexity index is 876. The van der Waals surface area contributed by atoms with Crippen LogP contribution in [0.1, 0.15) is 77.2 Å². The van der Waals surface area contributed by atoms with Crippen molar-refractivity contribution in [1.29, 1.82) is 0 Å². The van der Waals surface area contributed by atoms with Gasteiger partial charge in [-0.25, -0.2) is 5.06 Å². The van der Waals surface area contributed by atoms with Gasteiger partial charge in [0.25, 0.3) is 0 Å². The first-order valence-corrected chi connectivity index (χ1v) is 13.5. The fourth-order valence-corrected chi connectivity index (χ4v) is 5.30. The number of hydrogen-bond donors (Lipinski definition) is 3. The van der Waals surface area contributed by atoms with Crippen LogP contribution in [0.4, 0.5) is 0 Å². The zero-order chi connectivity index (χ0) is 26.8. The fourth-order valence-electron chi connectivity index (χ4n) is 5.30. The topological polar surface area (TPSA) is 119 Å². The molecular weight excluding hydrogens is 474 g/mol. The number of piperidine rings is 1. The molecule has 1 heterocycles. The third-order valence-corrected chi connectivity index (χ3v) is 7.58. The van der Waals surface area contributed by atoms with Gasteiger partial charge in [0, 0.05) is 45.3 Å². The Morgan fingerprint density at radius 1 is 1.16 bits per heavy atom. The van der Waals surface area contributed by atoms with Gasteiger partial charge in [0.1, 0.15) is 11.9 Å². The van der Waals surface area contributed by atoms with E-state index in [1.54, 1.807) is 0 Å². The van der Waals surface area contributed by atoms with Gasteiger partial charge in [-0.05, 0) is 35.4 Å². The number of hydrogen-bond acceptors (Lipinski definition) is 6. The molecule has 1 aliphatic heterocycles. The monoisotopic (exact) mass is 517 g/mol. The lowest BCUT2D eigenvalue weighted by Gasteiger charge is -2.34. The van der Waals surface area contributed by atoms with Crippen molar-refractivity contribution >= 4 is 18.2 Å². The number of carbonyl (C=O) groups excluding carboxylic acids is 3. The summed E-state index contributed by atoms with van der Waals surface area (Å²) in [5.74, 6) is 1.03. The Morgan fingerprint density at radius 2 is 1.81 bits per heavy atom. The number of aliphatic hydroxyl groups is 1. The van der Waals surface area contributed by atoms with Crippen LogP contribution in [0.5, 0.6) is 5.75 Å². The number of nitrogens with one attached hydrogen (secondary N) is 1. The summed E-state index contributed by atoms with van der Waals surface area (Å²) < 4.78 is 6.04. The molecule has 9 nitrogen and oxygen atoms in total. The first kappa shape index (κ1) is 28.9. The van der Waals surface area contributed by atoms with E-state index < -0.39 is 11.5 Å². The molecule has 2 aliphatic rings. The van der Waals surface area contributed by atoms with Crippen LogP contribution in [-0.2, 0) is 21.0 Å². The third-order valence-electron chi connectivity index (χ3n) is 7.58. The van der Waals surface area contributed by atoms with Gasteiger partial charge in [-0.1, -0.05) is 51.7 Å². The highest BCUT2D eigenvalue weighted by atomic mass is 16.5. The molecule has 0 aromatic heterocycles. The molecule has 9 heteroatoms. The van der Waals surface area contributed by atoms with Gasteiger partial charge in [0.15, 0.2) is 0 Å². The van der Waals surface area contributed by atoms with Crippen molar-refractivity contribution in [2.75, 3.05) is 19.6 Å². The minimum Gasteiger partial charge on any atom is -0.490 e. The van der Waals surface area contributed by atoms with E-state index in [2.05, 4.69) is 5.32 Å². The van der Waals surface area contributed by atoms with Crippen molar-refractivity contribution in [1.82, 2.24) is 15.3 Å². The van der Waals surface area contributed by atoms with Crippen LogP contribution in [0.3, 0.4) is 0 Å². The summed E-state index contributed by atoms with van der Waals surface area (Å²) in [5, 5.41) is 22.7. The molecule has 1 aliphatic carbocycles. The summed E-state index contributed by atoms with van der Waals surface area (Å²) in [4.78, 5) is 38.6. The van der Waals surface area contributed by atoms with E-state index in [1.165, 1.54) is 0 Å². The van der Waals surface area contributed by atoms with E-state index >= 15 is 0 Å². The van der Waals surface area contributed by atoms with Crippen molar-refractivity contribution in [3.8, 4) is 5.75 Å². The molecule has 206 valence electrons. The molecule has 0 spiro atoms. The number of rotatable bonds is 13. The summed E-state index contributed by atoms with van der Waals surface area (Å²) >= 11 is 0. The van der Waals surface area contributed by atoms with Crippen LogP contribution >= 0.6 is 0 Å². The number of amides is 3. The number of hydroxylamine groups is 2. The molecule has 3 rings (SSSR count).